The zero-order valence-corrected chi connectivity index (χ0v) is 17.6. The van der Waals surface area contributed by atoms with Gasteiger partial charge < -0.3 is 20.1 Å². The predicted octanol–water partition coefficient (Wildman–Crippen LogP) is 3.69. The minimum atomic E-state index is -0.629. The van der Waals surface area contributed by atoms with E-state index in [9.17, 15) is 14.0 Å². The van der Waals surface area contributed by atoms with Crippen molar-refractivity contribution in [2.75, 3.05) is 19.8 Å². The zero-order chi connectivity index (χ0) is 22.1. The number of hydrogen-bond acceptors (Lipinski definition) is 4. The van der Waals surface area contributed by atoms with Crippen LogP contribution in [0.25, 0.3) is 0 Å². The molecule has 30 heavy (non-hydrogen) atoms. The standard InChI is InChI=1S/C22H24ClFN2O4/c1-14-4-5-17(10-15(14)2)29-12-21(27)25-9-8-16(3)26-22(28)13-30-18-6-7-19(23)20(24)11-18/h4-7,10-11H,3,8-9,12-13H2,1-2H3,(H,25,27)(H,26,28). The largest absolute Gasteiger partial charge is 0.484 e. The first-order valence-electron chi connectivity index (χ1n) is 9.27. The second-order valence-electron chi connectivity index (χ2n) is 6.65. The number of nitrogens with one attached hydrogen (secondary N) is 2. The minimum absolute atomic E-state index is 0.0263. The third-order valence-electron chi connectivity index (χ3n) is 4.17. The average Bonchev–Trinajstić information content (AvgIpc) is 2.69. The molecule has 0 bridgehead atoms. The molecule has 0 aliphatic rings. The summed E-state index contributed by atoms with van der Waals surface area (Å²) >= 11 is 5.59. The number of benzene rings is 2. The Balaban J connectivity index is 1.62. The van der Waals surface area contributed by atoms with Gasteiger partial charge in [0.15, 0.2) is 13.2 Å². The lowest BCUT2D eigenvalue weighted by atomic mass is 10.1. The van der Waals surface area contributed by atoms with Crippen LogP contribution in [-0.2, 0) is 9.59 Å². The monoisotopic (exact) mass is 434 g/mol. The third kappa shape index (κ3) is 7.75. The maximum absolute atomic E-state index is 13.3. The summed E-state index contributed by atoms with van der Waals surface area (Å²) in [5, 5.41) is 5.22. The molecular formula is C22H24ClFN2O4. The zero-order valence-electron chi connectivity index (χ0n) is 16.9. The van der Waals surface area contributed by atoms with Crippen LogP contribution in [0.1, 0.15) is 17.5 Å². The van der Waals surface area contributed by atoms with E-state index in [4.69, 9.17) is 21.1 Å². The molecule has 2 rings (SSSR count). The summed E-state index contributed by atoms with van der Waals surface area (Å²) in [7, 11) is 0. The molecule has 0 saturated heterocycles. The van der Waals surface area contributed by atoms with Gasteiger partial charge in [-0.1, -0.05) is 24.2 Å². The lowest BCUT2D eigenvalue weighted by Gasteiger charge is -2.11. The van der Waals surface area contributed by atoms with Gasteiger partial charge in [-0.25, -0.2) is 4.39 Å². The lowest BCUT2D eigenvalue weighted by molar-refractivity contribution is -0.123. The van der Waals surface area contributed by atoms with Crippen LogP contribution >= 0.6 is 11.6 Å². The van der Waals surface area contributed by atoms with E-state index in [0.717, 1.165) is 17.2 Å². The molecule has 160 valence electrons. The Kier molecular flexibility index (Phi) is 8.68. The molecule has 0 heterocycles. The Morgan fingerprint density at radius 2 is 1.63 bits per heavy atom. The smallest absolute Gasteiger partial charge is 0.262 e. The van der Waals surface area contributed by atoms with Gasteiger partial charge in [-0.2, -0.15) is 0 Å². The van der Waals surface area contributed by atoms with Crippen LogP contribution in [0, 0.1) is 19.7 Å². The summed E-state index contributed by atoms with van der Waals surface area (Å²) in [5.41, 5.74) is 2.66. The highest BCUT2D eigenvalue weighted by Gasteiger charge is 2.08. The van der Waals surface area contributed by atoms with Crippen LogP contribution in [0.3, 0.4) is 0 Å². The van der Waals surface area contributed by atoms with Crippen molar-refractivity contribution < 1.29 is 23.5 Å². The summed E-state index contributed by atoms with van der Waals surface area (Å²) in [6.45, 7) is 7.59. The second kappa shape index (κ2) is 11.2. The average molecular weight is 435 g/mol. The number of hydrogen-bond donors (Lipinski definition) is 2. The Morgan fingerprint density at radius 3 is 2.30 bits per heavy atom. The molecule has 0 saturated carbocycles. The maximum atomic E-state index is 13.3. The van der Waals surface area contributed by atoms with Crippen molar-refractivity contribution in [2.24, 2.45) is 0 Å². The van der Waals surface area contributed by atoms with Gasteiger partial charge in [-0.15, -0.1) is 0 Å². The molecule has 6 nitrogen and oxygen atoms in total. The third-order valence-corrected chi connectivity index (χ3v) is 4.48. The van der Waals surface area contributed by atoms with Crippen LogP contribution in [0.2, 0.25) is 5.02 Å². The first kappa shape index (κ1) is 23.2. The van der Waals surface area contributed by atoms with Crippen LogP contribution in [0.15, 0.2) is 48.7 Å². The Hall–Kier alpha value is -3.06. The first-order valence-corrected chi connectivity index (χ1v) is 9.64. The molecule has 0 spiro atoms. The summed E-state index contributed by atoms with van der Waals surface area (Å²) in [4.78, 5) is 23.7. The van der Waals surface area contributed by atoms with Crippen molar-refractivity contribution in [2.45, 2.75) is 20.3 Å². The fraction of sp³-hybridized carbons (Fsp3) is 0.273. The van der Waals surface area contributed by atoms with E-state index in [1.54, 1.807) is 0 Å². The molecular weight excluding hydrogens is 411 g/mol. The molecule has 2 amide bonds. The predicted molar refractivity (Wildman–Crippen MR) is 113 cm³/mol. The topological polar surface area (TPSA) is 76.7 Å². The minimum Gasteiger partial charge on any atom is -0.484 e. The van der Waals surface area contributed by atoms with Crippen molar-refractivity contribution >= 4 is 23.4 Å². The van der Waals surface area contributed by atoms with Crippen LogP contribution < -0.4 is 20.1 Å². The fourth-order valence-corrected chi connectivity index (χ4v) is 2.49. The van der Waals surface area contributed by atoms with Crippen LogP contribution in [0.4, 0.5) is 4.39 Å². The van der Waals surface area contributed by atoms with Gasteiger partial charge in [0.25, 0.3) is 11.8 Å². The Morgan fingerprint density at radius 1 is 1.00 bits per heavy atom. The summed E-state index contributed by atoms with van der Waals surface area (Å²) < 4.78 is 24.0. The van der Waals surface area contributed by atoms with Crippen LogP contribution in [-0.4, -0.2) is 31.6 Å². The van der Waals surface area contributed by atoms with E-state index in [-0.39, 0.29) is 36.4 Å². The number of carbonyl (C=O) groups is 2. The van der Waals surface area contributed by atoms with E-state index < -0.39 is 11.7 Å². The molecule has 2 aromatic rings. The van der Waals surface area contributed by atoms with Gasteiger partial charge in [0.05, 0.1) is 5.02 Å². The molecule has 0 aliphatic carbocycles. The van der Waals surface area contributed by atoms with Gasteiger partial charge in [0, 0.05) is 24.7 Å². The highest BCUT2D eigenvalue weighted by Crippen LogP contribution is 2.20. The van der Waals surface area contributed by atoms with Gasteiger partial charge in [0.1, 0.15) is 17.3 Å². The molecule has 0 atom stereocenters. The lowest BCUT2D eigenvalue weighted by Crippen LogP contribution is -2.32. The highest BCUT2D eigenvalue weighted by molar-refractivity contribution is 6.30. The van der Waals surface area contributed by atoms with E-state index in [2.05, 4.69) is 17.2 Å². The normalized spacial score (nSPS) is 10.3. The van der Waals surface area contributed by atoms with Crippen molar-refractivity contribution in [1.29, 1.82) is 0 Å². The fourth-order valence-electron chi connectivity index (χ4n) is 2.37. The Bertz CT molecular complexity index is 933. The van der Waals surface area contributed by atoms with Crippen molar-refractivity contribution in [3.8, 4) is 11.5 Å². The Labute approximate surface area is 180 Å². The number of aryl methyl sites for hydroxylation is 2. The molecule has 0 aliphatic heterocycles. The number of ether oxygens (including phenoxy) is 2. The summed E-state index contributed by atoms with van der Waals surface area (Å²) in [6, 6.07) is 9.52. The number of halogens is 2. The van der Waals surface area contributed by atoms with Crippen LogP contribution in [0.5, 0.6) is 11.5 Å². The van der Waals surface area contributed by atoms with E-state index in [1.807, 2.05) is 32.0 Å². The SMILES string of the molecule is C=C(CCNC(=O)COc1ccc(C)c(C)c1)NC(=O)COc1ccc(Cl)c(F)c1. The van der Waals surface area contributed by atoms with Gasteiger partial charge in [-0.3, -0.25) is 9.59 Å². The van der Waals surface area contributed by atoms with E-state index in [0.29, 0.717) is 17.9 Å². The van der Waals surface area contributed by atoms with Crippen molar-refractivity contribution in [3.63, 3.8) is 0 Å². The van der Waals surface area contributed by atoms with E-state index in [1.165, 1.54) is 12.1 Å². The van der Waals surface area contributed by atoms with Gasteiger partial charge >= 0.3 is 0 Å². The molecule has 0 radical (unpaired) electrons. The second-order valence-corrected chi connectivity index (χ2v) is 7.06. The molecule has 0 aromatic heterocycles. The van der Waals surface area contributed by atoms with Crippen molar-refractivity contribution in [3.05, 3.63) is 70.6 Å². The number of carbonyl (C=O) groups excluding carboxylic acids is 2. The molecule has 2 N–H and O–H groups in total. The summed E-state index contributed by atoms with van der Waals surface area (Å²) in [6.07, 6.45) is 0.344. The van der Waals surface area contributed by atoms with Gasteiger partial charge in [-0.05, 0) is 49.2 Å². The number of amides is 2. The first-order chi connectivity index (χ1) is 14.2. The highest BCUT2D eigenvalue weighted by atomic mass is 35.5. The molecule has 8 heteroatoms. The number of rotatable bonds is 10. The van der Waals surface area contributed by atoms with E-state index >= 15 is 0 Å². The quantitative estimate of drug-likeness (QED) is 0.598. The molecule has 0 unspecified atom stereocenters. The van der Waals surface area contributed by atoms with Crippen molar-refractivity contribution in [1.82, 2.24) is 10.6 Å². The molecule has 2 aromatic carbocycles. The van der Waals surface area contributed by atoms with Gasteiger partial charge in [0.2, 0.25) is 0 Å². The summed E-state index contributed by atoms with van der Waals surface area (Å²) in [5.74, 6) is -0.532. The molecule has 0 fully saturated rings. The maximum Gasteiger partial charge on any atom is 0.262 e.